The highest BCUT2D eigenvalue weighted by atomic mass is 127. The Morgan fingerprint density at radius 2 is 1.82 bits per heavy atom. The van der Waals surface area contributed by atoms with E-state index in [1.54, 1.807) is 54.6 Å². The van der Waals surface area contributed by atoms with E-state index in [9.17, 15) is 19.1 Å². The van der Waals surface area contributed by atoms with Gasteiger partial charge in [0.15, 0.2) is 11.5 Å². The number of ether oxygens (including phenoxy) is 2. The first kappa shape index (κ1) is 24.2. The van der Waals surface area contributed by atoms with Crippen molar-refractivity contribution in [3.05, 3.63) is 98.5 Å². The van der Waals surface area contributed by atoms with E-state index in [4.69, 9.17) is 9.47 Å². The molecule has 0 fully saturated rings. The van der Waals surface area contributed by atoms with E-state index in [2.05, 4.69) is 27.9 Å². The zero-order valence-electron chi connectivity index (χ0n) is 17.7. The summed E-state index contributed by atoms with van der Waals surface area (Å²) in [5.74, 6) is -1.29. The second-order valence-electron chi connectivity index (χ2n) is 6.86. The Morgan fingerprint density at radius 1 is 1.06 bits per heavy atom. The Hall–Kier alpha value is -3.40. The molecule has 3 rings (SSSR count). The van der Waals surface area contributed by atoms with Crippen molar-refractivity contribution < 1.29 is 28.6 Å². The maximum Gasteiger partial charge on any atom is 0.352 e. The summed E-state index contributed by atoms with van der Waals surface area (Å²) in [6.07, 6.45) is 1.35. The number of amides is 1. The van der Waals surface area contributed by atoms with Crippen LogP contribution in [-0.4, -0.2) is 23.6 Å². The Kier molecular flexibility index (Phi) is 8.42. The summed E-state index contributed by atoms with van der Waals surface area (Å²) in [6.45, 7) is 2.31. The highest BCUT2D eigenvalue weighted by Crippen LogP contribution is 2.35. The maximum atomic E-state index is 13.4. The van der Waals surface area contributed by atoms with Crippen molar-refractivity contribution in [2.24, 2.45) is 0 Å². The van der Waals surface area contributed by atoms with Gasteiger partial charge in [-0.15, -0.1) is 0 Å². The van der Waals surface area contributed by atoms with Gasteiger partial charge in [-0.05, 0) is 83.1 Å². The van der Waals surface area contributed by atoms with Crippen LogP contribution in [-0.2, 0) is 11.4 Å². The lowest BCUT2D eigenvalue weighted by Crippen LogP contribution is -2.27. The summed E-state index contributed by atoms with van der Waals surface area (Å²) >= 11 is 2.06. The number of benzene rings is 3. The van der Waals surface area contributed by atoms with Gasteiger partial charge < -0.3 is 19.9 Å². The van der Waals surface area contributed by atoms with Crippen molar-refractivity contribution in [3.8, 4) is 11.5 Å². The van der Waals surface area contributed by atoms with Crippen LogP contribution in [0.5, 0.6) is 11.5 Å². The van der Waals surface area contributed by atoms with Gasteiger partial charge >= 0.3 is 5.97 Å². The summed E-state index contributed by atoms with van der Waals surface area (Å²) in [7, 11) is 0. The number of hydrogen-bond acceptors (Lipinski definition) is 4. The predicted molar refractivity (Wildman–Crippen MR) is 131 cm³/mol. The molecule has 0 radical (unpaired) electrons. The Bertz CT molecular complexity index is 1180. The monoisotopic (exact) mass is 561 g/mol. The summed E-state index contributed by atoms with van der Waals surface area (Å²) in [4.78, 5) is 24.1. The van der Waals surface area contributed by atoms with Gasteiger partial charge in [-0.25, -0.2) is 9.18 Å². The fourth-order valence-corrected chi connectivity index (χ4v) is 3.74. The minimum atomic E-state index is -1.28. The number of carbonyl (C=O) groups excluding carboxylic acids is 1. The first-order valence-electron chi connectivity index (χ1n) is 10.0. The SMILES string of the molecule is CCOc1cc(/C=C(/NC(=O)c2ccccc2)C(=O)O)cc(I)c1OCc1cccc(F)c1. The number of carboxylic acids is 1. The number of aliphatic carboxylic acids is 1. The first-order valence-corrected chi connectivity index (χ1v) is 11.1. The van der Waals surface area contributed by atoms with Gasteiger partial charge in [0.25, 0.3) is 5.91 Å². The molecule has 170 valence electrons. The van der Waals surface area contributed by atoms with Gasteiger partial charge in [-0.1, -0.05) is 30.3 Å². The van der Waals surface area contributed by atoms with Gasteiger partial charge in [0.05, 0.1) is 10.2 Å². The van der Waals surface area contributed by atoms with Crippen LogP contribution >= 0.6 is 22.6 Å². The van der Waals surface area contributed by atoms with E-state index in [0.717, 1.165) is 0 Å². The number of carboxylic acid groups (broad SMARTS) is 1. The third kappa shape index (κ3) is 6.79. The lowest BCUT2D eigenvalue weighted by molar-refractivity contribution is -0.132. The minimum absolute atomic E-state index is 0.135. The van der Waals surface area contributed by atoms with Crippen molar-refractivity contribution in [2.75, 3.05) is 6.61 Å². The molecule has 3 aromatic rings. The van der Waals surface area contributed by atoms with Crippen LogP contribution in [0.15, 0.2) is 72.4 Å². The maximum absolute atomic E-state index is 13.4. The van der Waals surface area contributed by atoms with Crippen molar-refractivity contribution in [3.63, 3.8) is 0 Å². The number of nitrogens with one attached hydrogen (secondary N) is 1. The summed E-state index contributed by atoms with van der Waals surface area (Å²) in [5.41, 5.74) is 1.23. The van der Waals surface area contributed by atoms with Gasteiger partial charge in [-0.2, -0.15) is 0 Å². The van der Waals surface area contributed by atoms with E-state index in [1.807, 2.05) is 6.92 Å². The average molecular weight is 561 g/mol. The quantitative estimate of drug-likeness (QED) is 0.275. The number of carbonyl (C=O) groups is 2. The molecule has 0 saturated carbocycles. The normalized spacial score (nSPS) is 11.1. The molecule has 0 unspecified atom stereocenters. The largest absolute Gasteiger partial charge is 0.490 e. The molecule has 0 spiro atoms. The topological polar surface area (TPSA) is 84.9 Å². The molecule has 1 amide bonds. The molecule has 3 aromatic carbocycles. The molecular formula is C25H21FINO5. The fraction of sp³-hybridized carbons (Fsp3) is 0.120. The summed E-state index contributed by atoms with van der Waals surface area (Å²) < 4.78 is 25.7. The van der Waals surface area contributed by atoms with Crippen molar-refractivity contribution >= 4 is 40.5 Å². The Balaban J connectivity index is 1.87. The van der Waals surface area contributed by atoms with Gasteiger partial charge in [0.2, 0.25) is 0 Å². The van der Waals surface area contributed by atoms with Gasteiger partial charge in [0.1, 0.15) is 18.1 Å². The molecule has 0 aliphatic heterocycles. The molecule has 2 N–H and O–H groups in total. The summed E-state index contributed by atoms with van der Waals surface area (Å²) in [5, 5.41) is 12.0. The van der Waals surface area contributed by atoms with E-state index < -0.39 is 11.9 Å². The molecule has 6 nitrogen and oxygen atoms in total. The van der Waals surface area contributed by atoms with Crippen molar-refractivity contribution in [1.29, 1.82) is 0 Å². The van der Waals surface area contributed by atoms with Crippen LogP contribution in [0.25, 0.3) is 6.08 Å². The molecule has 0 heterocycles. The molecule has 8 heteroatoms. The van der Waals surface area contributed by atoms with E-state index in [1.165, 1.54) is 18.2 Å². The van der Waals surface area contributed by atoms with Crippen LogP contribution in [0.3, 0.4) is 0 Å². The molecular weight excluding hydrogens is 540 g/mol. The number of halogens is 2. The second kappa shape index (κ2) is 11.5. The molecule has 0 saturated heterocycles. The minimum Gasteiger partial charge on any atom is -0.490 e. The number of rotatable bonds is 9. The van der Waals surface area contributed by atoms with Crippen LogP contribution in [0, 0.1) is 9.39 Å². The van der Waals surface area contributed by atoms with Crippen LogP contribution in [0.1, 0.15) is 28.4 Å². The lowest BCUT2D eigenvalue weighted by atomic mass is 10.1. The highest BCUT2D eigenvalue weighted by Gasteiger charge is 2.16. The van der Waals surface area contributed by atoms with E-state index in [0.29, 0.717) is 38.4 Å². The van der Waals surface area contributed by atoms with Crippen molar-refractivity contribution in [1.82, 2.24) is 5.32 Å². The van der Waals surface area contributed by atoms with Crippen LogP contribution < -0.4 is 14.8 Å². The number of hydrogen-bond donors (Lipinski definition) is 2. The van der Waals surface area contributed by atoms with Gasteiger partial charge in [0, 0.05) is 5.56 Å². The molecule has 0 bridgehead atoms. The molecule has 0 aliphatic carbocycles. The highest BCUT2D eigenvalue weighted by molar-refractivity contribution is 14.1. The summed E-state index contributed by atoms with van der Waals surface area (Å²) in [6, 6.07) is 17.8. The third-order valence-corrected chi connectivity index (χ3v) is 5.23. The molecule has 0 aromatic heterocycles. The second-order valence-corrected chi connectivity index (χ2v) is 8.03. The Labute approximate surface area is 204 Å². The predicted octanol–water partition coefficient (Wildman–Crippen LogP) is 5.26. The average Bonchev–Trinajstić information content (AvgIpc) is 2.79. The standard InChI is InChI=1S/C25H21FINO5/c1-2-32-22-14-17(12-20(27)23(22)33-15-16-7-6-10-19(26)11-16)13-21(25(30)31)28-24(29)18-8-4-3-5-9-18/h3-14H,2,15H2,1H3,(H,28,29)(H,30,31)/b21-13+. The lowest BCUT2D eigenvalue weighted by Gasteiger charge is -2.15. The first-order chi connectivity index (χ1) is 15.9. The smallest absolute Gasteiger partial charge is 0.352 e. The van der Waals surface area contributed by atoms with Crippen LogP contribution in [0.2, 0.25) is 0 Å². The van der Waals surface area contributed by atoms with E-state index in [-0.39, 0.29) is 18.1 Å². The van der Waals surface area contributed by atoms with E-state index >= 15 is 0 Å². The third-order valence-electron chi connectivity index (χ3n) is 4.43. The molecule has 0 atom stereocenters. The molecule has 33 heavy (non-hydrogen) atoms. The zero-order valence-corrected chi connectivity index (χ0v) is 19.8. The fourth-order valence-electron chi connectivity index (χ4n) is 2.96. The van der Waals surface area contributed by atoms with Crippen molar-refractivity contribution in [2.45, 2.75) is 13.5 Å². The molecule has 0 aliphatic rings. The van der Waals surface area contributed by atoms with Gasteiger partial charge in [-0.3, -0.25) is 4.79 Å². The van der Waals surface area contributed by atoms with Crippen LogP contribution in [0.4, 0.5) is 4.39 Å². The zero-order chi connectivity index (χ0) is 23.8. The Morgan fingerprint density at radius 3 is 2.48 bits per heavy atom.